The Balaban J connectivity index is 0. The summed E-state index contributed by atoms with van der Waals surface area (Å²) >= 11 is 0. The van der Waals surface area contributed by atoms with Crippen molar-refractivity contribution in [2.24, 2.45) is 0 Å². The molecule has 0 aliphatic carbocycles. The van der Waals surface area contributed by atoms with Gasteiger partial charge >= 0.3 is 92.4 Å². The molecule has 0 N–H and O–H groups in total. The molecule has 0 atom stereocenters. The first-order valence-electron chi connectivity index (χ1n) is 7.76. The monoisotopic (exact) mass is 588 g/mol. The summed E-state index contributed by atoms with van der Waals surface area (Å²) in [6.07, 6.45) is -8.57. The molecular formula is C12H12F15KN2O3S. The van der Waals surface area contributed by atoms with Gasteiger partial charge in [-0.05, 0) is 6.42 Å². The van der Waals surface area contributed by atoms with Crippen LogP contribution in [0.4, 0.5) is 65.9 Å². The van der Waals surface area contributed by atoms with Crippen LogP contribution in [0.5, 0.6) is 0 Å². The number of hydrogen-bond donors (Lipinski definition) is 0. The van der Waals surface area contributed by atoms with Gasteiger partial charge in [-0.25, -0.2) is 8.42 Å². The molecule has 0 rings (SSSR count). The van der Waals surface area contributed by atoms with Gasteiger partial charge in [0.1, 0.15) is 10.0 Å². The summed E-state index contributed by atoms with van der Waals surface area (Å²) in [5, 5.41) is 3.64. The summed E-state index contributed by atoms with van der Waals surface area (Å²) in [4.78, 5) is 0. The molecule has 0 aromatic rings. The molecule has 0 aliphatic rings. The Hall–Kier alpha value is 0.416. The van der Waals surface area contributed by atoms with Crippen molar-refractivity contribution in [1.29, 1.82) is 0 Å². The van der Waals surface area contributed by atoms with Gasteiger partial charge in [0.25, 0.3) is 0 Å². The fourth-order valence-electron chi connectivity index (χ4n) is 1.83. The Bertz CT molecular complexity index is 808. The predicted molar refractivity (Wildman–Crippen MR) is 77.8 cm³/mol. The molecule has 0 aliphatic heterocycles. The molecule has 0 heterocycles. The third kappa shape index (κ3) is 6.10. The van der Waals surface area contributed by atoms with Crippen molar-refractivity contribution >= 4 is 10.0 Å². The van der Waals surface area contributed by atoms with E-state index in [2.05, 4.69) is 0 Å². The van der Waals surface area contributed by atoms with Crippen molar-refractivity contribution in [3.63, 3.8) is 0 Å². The van der Waals surface area contributed by atoms with E-state index in [1.165, 1.54) is 0 Å². The van der Waals surface area contributed by atoms with Crippen LogP contribution >= 0.6 is 0 Å². The van der Waals surface area contributed by atoms with E-state index >= 15 is 0 Å². The molecule has 0 spiro atoms. The van der Waals surface area contributed by atoms with Crippen molar-refractivity contribution in [2.45, 2.75) is 47.5 Å². The van der Waals surface area contributed by atoms with Gasteiger partial charge in [0, 0.05) is 0 Å². The first-order chi connectivity index (χ1) is 14.0. The van der Waals surface area contributed by atoms with Crippen LogP contribution in [-0.4, -0.2) is 81.3 Å². The number of nitrogens with zero attached hydrogens (tertiary/aromatic N) is 2. The number of rotatable bonds is 11. The second-order valence-electron chi connectivity index (χ2n) is 6.87. The second kappa shape index (κ2) is 10.3. The fourth-order valence-corrected chi connectivity index (χ4v) is 2.82. The number of alkyl halides is 15. The normalized spacial score (nSPS) is 15.8. The van der Waals surface area contributed by atoms with Gasteiger partial charge in [0.2, 0.25) is 0 Å². The van der Waals surface area contributed by atoms with Crippen molar-refractivity contribution in [1.82, 2.24) is 0 Å². The molecule has 0 amide bonds. The van der Waals surface area contributed by atoms with E-state index in [4.69, 9.17) is 0 Å². The minimum atomic E-state index is -8.59. The van der Waals surface area contributed by atoms with Crippen molar-refractivity contribution in [3.05, 3.63) is 9.93 Å². The Labute approximate surface area is 223 Å². The van der Waals surface area contributed by atoms with Crippen LogP contribution in [0.1, 0.15) is 6.42 Å². The third-order valence-corrected chi connectivity index (χ3v) is 5.17. The van der Waals surface area contributed by atoms with Gasteiger partial charge in [-0.1, -0.05) is 0 Å². The molecule has 0 bridgehead atoms. The van der Waals surface area contributed by atoms with Crippen molar-refractivity contribution < 1.29 is 130 Å². The van der Waals surface area contributed by atoms with E-state index in [1.54, 1.807) is 0 Å². The zero-order valence-electron chi connectivity index (χ0n) is 16.8. The Morgan fingerprint density at radius 3 is 1.32 bits per heavy atom. The summed E-state index contributed by atoms with van der Waals surface area (Å²) < 4.78 is 218. The first kappa shape index (κ1) is 36.6. The predicted octanol–water partition coefficient (Wildman–Crippen LogP) is 1.99. The molecule has 5 nitrogen and oxygen atoms in total. The van der Waals surface area contributed by atoms with E-state index < -0.39 is 75.2 Å². The third-order valence-electron chi connectivity index (χ3n) is 3.74. The number of hydroxylamine groups is 3. The zero-order chi connectivity index (χ0) is 27.3. The van der Waals surface area contributed by atoms with Gasteiger partial charge in [-0.3, -0.25) is 0 Å². The maximum absolute atomic E-state index is 13.6. The van der Waals surface area contributed by atoms with Crippen molar-refractivity contribution in [2.75, 3.05) is 27.2 Å². The molecule has 0 radical (unpaired) electrons. The topological polar surface area (TPSA) is 71.3 Å². The second-order valence-corrected chi connectivity index (χ2v) is 8.59. The molecule has 0 aromatic heterocycles. The van der Waals surface area contributed by atoms with Crippen LogP contribution in [0.15, 0.2) is 0 Å². The van der Waals surface area contributed by atoms with Crippen LogP contribution in [0, 0.1) is 5.21 Å². The first-order valence-corrected chi connectivity index (χ1v) is 9.20. The van der Waals surface area contributed by atoms with Crippen LogP contribution in [0.3, 0.4) is 0 Å². The van der Waals surface area contributed by atoms with E-state index in [0.29, 0.717) is 0 Å². The van der Waals surface area contributed by atoms with E-state index in [0.717, 1.165) is 14.1 Å². The van der Waals surface area contributed by atoms with E-state index in [9.17, 15) is 79.5 Å². The van der Waals surface area contributed by atoms with Gasteiger partial charge in [-0.15, -0.1) is 6.54 Å². The van der Waals surface area contributed by atoms with Crippen LogP contribution in [-0.2, 0) is 10.0 Å². The SMILES string of the molecule is C[N+](C)([O-])CCC[N-]S(=O)(=O)C(F)(F)C(F)(F)C(F)(F)C(F)(F)C(F)(F)C(F)(F)C(F)(F)F.[K+]. The maximum atomic E-state index is 13.6. The number of hydrogen-bond acceptors (Lipinski definition) is 3. The average Bonchev–Trinajstić information content (AvgIpc) is 2.55. The summed E-state index contributed by atoms with van der Waals surface area (Å²) in [5.41, 5.74) is 0. The molecule has 0 saturated carbocycles. The molecule has 0 fully saturated rings. The Kier molecular flexibility index (Phi) is 11.1. The molecule has 34 heavy (non-hydrogen) atoms. The summed E-state index contributed by atoms with van der Waals surface area (Å²) in [5.74, 6) is -41.9. The standard InChI is InChI=1S/C12H12F15N2O3S.K/c1-29(2,30)5-3-4-28-33(31,32)12(26,27)10(21,22)8(17,18)6(13,14)7(15,16)9(19,20)11(23,24)25;/h3-5H2,1-2H3;/q-1;+1. The molecule has 200 valence electrons. The van der Waals surface area contributed by atoms with E-state index in [1.807, 2.05) is 4.72 Å². The van der Waals surface area contributed by atoms with Gasteiger partial charge in [0.05, 0.1) is 20.6 Å². The number of halogens is 15. The smallest absolute Gasteiger partial charge is 0.633 e. The summed E-state index contributed by atoms with van der Waals surface area (Å²) in [7, 11) is -5.52. The molecule has 0 unspecified atom stereocenters. The van der Waals surface area contributed by atoms with E-state index in [-0.39, 0.29) is 51.4 Å². The number of sulfonamides is 1. The maximum Gasteiger partial charge on any atom is 1.00 e. The minimum absolute atomic E-state index is 0. The summed E-state index contributed by atoms with van der Waals surface area (Å²) in [6, 6.07) is 0. The molecular weight excluding hydrogens is 576 g/mol. The van der Waals surface area contributed by atoms with Crippen LogP contribution < -0.4 is 51.4 Å². The van der Waals surface area contributed by atoms with Gasteiger partial charge in [0.15, 0.2) is 0 Å². The van der Waals surface area contributed by atoms with Gasteiger partial charge in [-0.2, -0.15) is 65.9 Å². The number of quaternary nitrogens is 1. The largest absolute Gasteiger partial charge is 1.00 e. The van der Waals surface area contributed by atoms with Crippen LogP contribution in [0.2, 0.25) is 0 Å². The Morgan fingerprint density at radius 2 is 1.00 bits per heavy atom. The summed E-state index contributed by atoms with van der Waals surface area (Å²) in [6.45, 7) is -2.16. The molecule has 0 saturated heterocycles. The molecule has 0 aromatic carbocycles. The van der Waals surface area contributed by atoms with Crippen molar-refractivity contribution in [3.8, 4) is 0 Å². The molecule has 22 heteroatoms. The minimum Gasteiger partial charge on any atom is -0.633 e. The quantitative estimate of drug-likeness (QED) is 0.122. The average molecular weight is 588 g/mol. The Morgan fingerprint density at radius 1 is 0.676 bits per heavy atom. The fraction of sp³-hybridized carbons (Fsp3) is 1.00. The zero-order valence-corrected chi connectivity index (χ0v) is 20.8. The van der Waals surface area contributed by atoms with Crippen LogP contribution in [0.25, 0.3) is 4.72 Å². The van der Waals surface area contributed by atoms with Gasteiger partial charge < -0.3 is 14.6 Å².